The van der Waals surface area contributed by atoms with E-state index >= 15 is 0 Å². The number of aromatic nitrogens is 6. The average molecular weight is 755 g/mol. The first-order chi connectivity index (χ1) is 27.7. The molecule has 0 spiro atoms. The molecular formula is C48H30N6S2. The molecule has 56 heavy (non-hydrogen) atoms. The van der Waals surface area contributed by atoms with E-state index in [1.165, 1.54) is 19.6 Å². The van der Waals surface area contributed by atoms with Crippen molar-refractivity contribution in [2.45, 2.75) is 19.6 Å². The van der Waals surface area contributed by atoms with E-state index in [-0.39, 0.29) is 0 Å². The van der Waals surface area contributed by atoms with Crippen molar-refractivity contribution in [2.75, 3.05) is 0 Å². The van der Waals surface area contributed by atoms with E-state index in [1.807, 2.05) is 133 Å². The summed E-state index contributed by atoms with van der Waals surface area (Å²) in [6, 6.07) is 61.9. The quantitative estimate of drug-likeness (QED) is 0.159. The molecule has 8 heteroatoms. The second-order valence-electron chi connectivity index (χ2n) is 13.2. The maximum atomic E-state index is 5.11. The van der Waals surface area contributed by atoms with Gasteiger partial charge in [-0.25, -0.2) is 29.9 Å². The molecule has 0 amide bonds. The summed E-state index contributed by atoms with van der Waals surface area (Å²) in [4.78, 5) is 35.4. The number of rotatable bonds is 7. The highest BCUT2D eigenvalue weighted by Crippen LogP contribution is 2.49. The van der Waals surface area contributed by atoms with Gasteiger partial charge >= 0.3 is 0 Å². The third-order valence-corrected chi connectivity index (χ3v) is 12.0. The Bertz CT molecular complexity index is 2590. The van der Waals surface area contributed by atoms with Gasteiger partial charge in [0.25, 0.3) is 0 Å². The van der Waals surface area contributed by atoms with E-state index in [0.29, 0.717) is 34.9 Å². The smallest absolute Gasteiger partial charge is 0.164 e. The summed E-state index contributed by atoms with van der Waals surface area (Å²) < 4.78 is 0. The van der Waals surface area contributed by atoms with Crippen LogP contribution in [0.25, 0.3) is 79.5 Å². The summed E-state index contributed by atoms with van der Waals surface area (Å²) in [5.74, 6) is 3.50. The Hall–Kier alpha value is -6.74. The summed E-state index contributed by atoms with van der Waals surface area (Å²) in [5.41, 5.74) is 7.34. The largest absolute Gasteiger partial charge is 0.208 e. The summed E-state index contributed by atoms with van der Waals surface area (Å²) in [7, 11) is 0. The zero-order valence-electron chi connectivity index (χ0n) is 29.8. The van der Waals surface area contributed by atoms with Crippen LogP contribution in [0.3, 0.4) is 0 Å². The predicted octanol–water partition coefficient (Wildman–Crippen LogP) is 12.3. The molecule has 0 fully saturated rings. The van der Waals surface area contributed by atoms with Gasteiger partial charge in [0.2, 0.25) is 0 Å². The molecule has 1 aliphatic heterocycles. The molecule has 2 aromatic heterocycles. The van der Waals surface area contributed by atoms with Gasteiger partial charge in [-0.2, -0.15) is 0 Å². The third kappa shape index (κ3) is 6.88. The van der Waals surface area contributed by atoms with Crippen LogP contribution in [0, 0.1) is 0 Å². The van der Waals surface area contributed by atoms with Crippen LogP contribution in [-0.4, -0.2) is 29.9 Å². The highest BCUT2D eigenvalue weighted by Gasteiger charge is 2.20. The Morgan fingerprint density at radius 2 is 0.518 bits per heavy atom. The van der Waals surface area contributed by atoms with Gasteiger partial charge in [-0.05, 0) is 53.6 Å². The maximum absolute atomic E-state index is 5.11. The minimum Gasteiger partial charge on any atom is -0.208 e. The van der Waals surface area contributed by atoms with Crippen LogP contribution in [0.5, 0.6) is 0 Å². The van der Waals surface area contributed by atoms with E-state index in [2.05, 4.69) is 60.7 Å². The molecule has 0 unspecified atom stereocenters. The molecule has 0 bridgehead atoms. The average Bonchev–Trinajstić information content (AvgIpc) is 3.29. The highest BCUT2D eigenvalue weighted by molar-refractivity contribution is 8.05. The summed E-state index contributed by atoms with van der Waals surface area (Å²) in [6.07, 6.45) is 0. The van der Waals surface area contributed by atoms with Crippen molar-refractivity contribution in [1.82, 2.24) is 29.9 Å². The first kappa shape index (κ1) is 33.8. The SMILES string of the molecule is c1ccc(-c2nc(-c3ccccc3)nc(-c3cc(-c4ccc5c(c4)Sc4ccccc4S5)cc(-c4nc(-c5ccccc5)nc(-c5ccccc5)n4)c3)n2)cc1. The topological polar surface area (TPSA) is 77.3 Å². The van der Waals surface area contributed by atoms with Gasteiger partial charge in [-0.3, -0.25) is 0 Å². The van der Waals surface area contributed by atoms with E-state index in [0.717, 1.165) is 44.5 Å². The van der Waals surface area contributed by atoms with E-state index in [4.69, 9.17) is 29.9 Å². The van der Waals surface area contributed by atoms with Crippen LogP contribution in [0.2, 0.25) is 0 Å². The zero-order valence-corrected chi connectivity index (χ0v) is 31.5. The molecule has 0 aliphatic carbocycles. The summed E-state index contributed by atoms with van der Waals surface area (Å²) in [6.45, 7) is 0. The van der Waals surface area contributed by atoms with Gasteiger partial charge < -0.3 is 0 Å². The molecule has 7 aromatic carbocycles. The lowest BCUT2D eigenvalue weighted by molar-refractivity contribution is 1.07. The standard InChI is InChI=1S/C48H30N6S2/c1-5-15-31(16-6-1)43-49-44(32-17-7-2-8-18-32)52-47(51-43)37-27-36(35-25-26-41-42(30-35)56-40-24-14-13-23-39(40)55-41)28-38(29-37)48-53-45(33-19-9-3-10-20-33)50-46(54-48)34-21-11-4-12-22-34/h1-30H. The highest BCUT2D eigenvalue weighted by atomic mass is 32.2. The minimum absolute atomic E-state index is 0.554. The van der Waals surface area contributed by atoms with Gasteiger partial charge in [-0.15, -0.1) is 0 Å². The van der Waals surface area contributed by atoms with Crippen LogP contribution in [0.15, 0.2) is 202 Å². The van der Waals surface area contributed by atoms with Gasteiger partial charge in [0, 0.05) is 53.0 Å². The predicted molar refractivity (Wildman–Crippen MR) is 226 cm³/mol. The minimum atomic E-state index is 0.554. The molecule has 0 radical (unpaired) electrons. The summed E-state index contributed by atoms with van der Waals surface area (Å²) >= 11 is 3.61. The molecule has 10 rings (SSSR count). The maximum Gasteiger partial charge on any atom is 0.164 e. The van der Waals surface area contributed by atoms with E-state index in [9.17, 15) is 0 Å². The fraction of sp³-hybridized carbons (Fsp3) is 0. The Kier molecular flexibility index (Phi) is 8.95. The second-order valence-corrected chi connectivity index (χ2v) is 15.4. The molecule has 6 nitrogen and oxygen atoms in total. The fourth-order valence-electron chi connectivity index (χ4n) is 6.64. The van der Waals surface area contributed by atoms with E-state index < -0.39 is 0 Å². The van der Waals surface area contributed by atoms with Crippen molar-refractivity contribution in [1.29, 1.82) is 0 Å². The zero-order chi connectivity index (χ0) is 37.3. The fourth-order valence-corrected chi connectivity index (χ4v) is 8.89. The van der Waals surface area contributed by atoms with Crippen LogP contribution in [0.1, 0.15) is 0 Å². The lowest BCUT2D eigenvalue weighted by atomic mass is 9.98. The molecule has 3 heterocycles. The molecule has 9 aromatic rings. The monoisotopic (exact) mass is 754 g/mol. The number of benzene rings is 7. The number of hydrogen-bond donors (Lipinski definition) is 0. The lowest BCUT2D eigenvalue weighted by Crippen LogP contribution is -2.02. The second kappa shape index (κ2) is 14.8. The third-order valence-electron chi connectivity index (χ3n) is 9.41. The molecule has 1 aliphatic rings. The molecule has 0 saturated carbocycles. The Morgan fingerprint density at radius 1 is 0.214 bits per heavy atom. The van der Waals surface area contributed by atoms with Crippen molar-refractivity contribution in [2.24, 2.45) is 0 Å². The molecule has 0 saturated heterocycles. The van der Waals surface area contributed by atoms with Gasteiger partial charge in [0.05, 0.1) is 0 Å². The van der Waals surface area contributed by atoms with Crippen molar-refractivity contribution < 1.29 is 0 Å². The van der Waals surface area contributed by atoms with Crippen molar-refractivity contribution >= 4 is 23.5 Å². The van der Waals surface area contributed by atoms with Crippen LogP contribution in [0.4, 0.5) is 0 Å². The van der Waals surface area contributed by atoms with Crippen molar-refractivity contribution in [3.05, 3.63) is 182 Å². The first-order valence-electron chi connectivity index (χ1n) is 18.2. The van der Waals surface area contributed by atoms with Crippen molar-refractivity contribution in [3.8, 4) is 79.5 Å². The number of hydrogen-bond acceptors (Lipinski definition) is 8. The van der Waals surface area contributed by atoms with Gasteiger partial charge in [0.15, 0.2) is 34.9 Å². The van der Waals surface area contributed by atoms with Crippen molar-refractivity contribution in [3.63, 3.8) is 0 Å². The van der Waals surface area contributed by atoms with Crippen LogP contribution in [-0.2, 0) is 0 Å². The van der Waals surface area contributed by atoms with E-state index in [1.54, 1.807) is 11.8 Å². The molecule has 0 atom stereocenters. The first-order valence-corrected chi connectivity index (χ1v) is 19.8. The normalized spacial score (nSPS) is 11.8. The molecule has 264 valence electrons. The van der Waals surface area contributed by atoms with Crippen LogP contribution < -0.4 is 0 Å². The lowest BCUT2D eigenvalue weighted by Gasteiger charge is -2.19. The number of nitrogens with zero attached hydrogens (tertiary/aromatic N) is 6. The Labute approximate surface area is 332 Å². The van der Waals surface area contributed by atoms with Gasteiger partial charge in [-0.1, -0.05) is 163 Å². The molecular weight excluding hydrogens is 725 g/mol. The Balaban J connectivity index is 1.19. The molecule has 0 N–H and O–H groups in total. The van der Waals surface area contributed by atoms with Gasteiger partial charge in [0.1, 0.15) is 0 Å². The number of fused-ring (bicyclic) bond motifs is 2. The van der Waals surface area contributed by atoms with Crippen LogP contribution >= 0.6 is 23.5 Å². The summed E-state index contributed by atoms with van der Waals surface area (Å²) in [5, 5.41) is 0. The Morgan fingerprint density at radius 3 is 0.911 bits per heavy atom.